The summed E-state index contributed by atoms with van der Waals surface area (Å²) in [5, 5.41) is 11.5. The number of unbranched alkanes of at least 4 members (excludes halogenated alkanes) is 8. The molecule has 0 amide bonds. The fourth-order valence-electron chi connectivity index (χ4n) is 3.87. The molecule has 1 rings (SSSR count). The fraction of sp³-hybridized carbons (Fsp3) is 0.800. The molecular weight excluding hydrogens is 676 g/mol. The van der Waals surface area contributed by atoms with Crippen molar-refractivity contribution in [3.63, 3.8) is 0 Å². The topological polar surface area (TPSA) is 0 Å². The third kappa shape index (κ3) is 16.9. The standard InChI is InChI=1S/C30H54Se4/c1-5-9-13-17-31-23-27-21-29(25-33-19-15-11-7-3)30(26-34-20-16-12-8-4)22-28(27)24-32-18-14-10-6-2/h21-22H,5-20,23-26H2,1-4H3. The van der Waals surface area contributed by atoms with E-state index in [0.717, 1.165) is 59.8 Å². The van der Waals surface area contributed by atoms with Crippen molar-refractivity contribution in [2.45, 2.75) is 147 Å². The predicted octanol–water partition coefficient (Wildman–Crippen LogP) is 8.94. The van der Waals surface area contributed by atoms with Crippen LogP contribution >= 0.6 is 0 Å². The summed E-state index contributed by atoms with van der Waals surface area (Å²) in [5.41, 5.74) is 7.09. The first kappa shape index (κ1) is 33.3. The summed E-state index contributed by atoms with van der Waals surface area (Å²) in [6.45, 7) is 9.34. The summed E-state index contributed by atoms with van der Waals surface area (Å²) >= 11 is 3.20. The number of benzene rings is 1. The molecule has 0 nitrogen and oxygen atoms in total. The normalized spacial score (nSPS) is 11.4. The molecule has 0 aliphatic carbocycles. The maximum absolute atomic E-state index is 2.75. The van der Waals surface area contributed by atoms with E-state index in [9.17, 15) is 0 Å². The van der Waals surface area contributed by atoms with Crippen LogP contribution in [-0.4, -0.2) is 59.8 Å². The van der Waals surface area contributed by atoms with E-state index in [4.69, 9.17) is 0 Å². The first-order chi connectivity index (χ1) is 16.8. The molecule has 0 aromatic heterocycles. The van der Waals surface area contributed by atoms with Gasteiger partial charge in [-0.2, -0.15) is 0 Å². The fourth-order valence-corrected chi connectivity index (χ4v) is 12.6. The van der Waals surface area contributed by atoms with Gasteiger partial charge in [-0.05, 0) is 0 Å². The number of rotatable bonds is 24. The Morgan fingerprint density at radius 2 is 0.618 bits per heavy atom. The second kappa shape index (κ2) is 24.6. The zero-order valence-electron chi connectivity index (χ0n) is 22.9. The van der Waals surface area contributed by atoms with E-state index < -0.39 is 0 Å². The van der Waals surface area contributed by atoms with E-state index in [1.165, 1.54) is 120 Å². The zero-order chi connectivity index (χ0) is 24.7. The van der Waals surface area contributed by atoms with Gasteiger partial charge in [-0.25, -0.2) is 0 Å². The van der Waals surface area contributed by atoms with Crippen LogP contribution in [0.5, 0.6) is 0 Å². The Labute approximate surface area is 239 Å². The van der Waals surface area contributed by atoms with E-state index in [1.807, 2.05) is 0 Å². The molecule has 0 fully saturated rings. The van der Waals surface area contributed by atoms with Crippen LogP contribution in [0.2, 0.25) is 21.3 Å². The van der Waals surface area contributed by atoms with Gasteiger partial charge in [-0.15, -0.1) is 0 Å². The Morgan fingerprint density at radius 1 is 0.382 bits per heavy atom. The van der Waals surface area contributed by atoms with Gasteiger partial charge in [-0.1, -0.05) is 0 Å². The third-order valence-electron chi connectivity index (χ3n) is 6.12. The first-order valence-electron chi connectivity index (χ1n) is 14.2. The second-order valence-electron chi connectivity index (χ2n) is 9.43. The van der Waals surface area contributed by atoms with Gasteiger partial charge in [0.25, 0.3) is 0 Å². The van der Waals surface area contributed by atoms with E-state index >= 15 is 0 Å². The molecule has 0 saturated heterocycles. The van der Waals surface area contributed by atoms with Crippen molar-refractivity contribution < 1.29 is 0 Å². The van der Waals surface area contributed by atoms with Crippen molar-refractivity contribution in [2.75, 3.05) is 0 Å². The Bertz CT molecular complexity index is 489. The van der Waals surface area contributed by atoms with E-state index in [1.54, 1.807) is 22.3 Å². The predicted molar refractivity (Wildman–Crippen MR) is 162 cm³/mol. The summed E-state index contributed by atoms with van der Waals surface area (Å²) < 4.78 is 0. The van der Waals surface area contributed by atoms with Crippen LogP contribution in [0.4, 0.5) is 0 Å². The number of hydrogen-bond donors (Lipinski definition) is 0. The molecule has 34 heavy (non-hydrogen) atoms. The van der Waals surface area contributed by atoms with Gasteiger partial charge < -0.3 is 0 Å². The number of hydrogen-bond acceptors (Lipinski definition) is 0. The summed E-state index contributed by atoms with van der Waals surface area (Å²) in [7, 11) is 0. The molecule has 1 aromatic rings. The van der Waals surface area contributed by atoms with Crippen LogP contribution in [0.15, 0.2) is 12.1 Å². The van der Waals surface area contributed by atoms with Gasteiger partial charge in [0, 0.05) is 0 Å². The maximum atomic E-state index is 2.75. The molecule has 4 heteroatoms. The van der Waals surface area contributed by atoms with E-state index in [2.05, 4.69) is 39.8 Å². The molecule has 0 aliphatic rings. The molecule has 0 bridgehead atoms. The zero-order valence-corrected chi connectivity index (χ0v) is 29.8. The third-order valence-corrected chi connectivity index (χ3v) is 15.3. The molecule has 0 atom stereocenters. The molecular formula is C30H54Se4. The molecule has 0 aliphatic heterocycles. The molecule has 1 aromatic carbocycles. The van der Waals surface area contributed by atoms with Crippen molar-refractivity contribution in [2.24, 2.45) is 0 Å². The first-order valence-corrected chi connectivity index (χ1v) is 23.9. The Balaban J connectivity index is 2.89. The van der Waals surface area contributed by atoms with E-state index in [-0.39, 0.29) is 0 Å². The van der Waals surface area contributed by atoms with Crippen molar-refractivity contribution in [3.8, 4) is 0 Å². The van der Waals surface area contributed by atoms with Crippen LogP contribution in [0.3, 0.4) is 0 Å². The van der Waals surface area contributed by atoms with Crippen LogP contribution in [-0.2, 0) is 21.3 Å². The van der Waals surface area contributed by atoms with Gasteiger partial charge >= 0.3 is 242 Å². The van der Waals surface area contributed by atoms with Crippen molar-refractivity contribution in [1.29, 1.82) is 0 Å². The average molecular weight is 731 g/mol. The summed E-state index contributed by atoms with van der Waals surface area (Å²) in [6, 6.07) is 5.50. The Hall–Kier alpha value is 1.30. The van der Waals surface area contributed by atoms with Gasteiger partial charge in [-0.3, -0.25) is 0 Å². The van der Waals surface area contributed by atoms with E-state index in [0.29, 0.717) is 0 Å². The monoisotopic (exact) mass is 734 g/mol. The molecule has 198 valence electrons. The quantitative estimate of drug-likeness (QED) is 0.0737. The summed E-state index contributed by atoms with van der Waals surface area (Å²) in [5.74, 6) is 0. The molecule has 0 spiro atoms. The van der Waals surface area contributed by atoms with Crippen molar-refractivity contribution in [1.82, 2.24) is 0 Å². The summed E-state index contributed by atoms with van der Waals surface area (Å²) in [4.78, 5) is 0. The molecule has 0 radical (unpaired) electrons. The van der Waals surface area contributed by atoms with Crippen LogP contribution in [0.25, 0.3) is 0 Å². The van der Waals surface area contributed by atoms with Crippen molar-refractivity contribution in [3.05, 3.63) is 34.4 Å². The van der Waals surface area contributed by atoms with Crippen LogP contribution in [0.1, 0.15) is 127 Å². The van der Waals surface area contributed by atoms with Crippen molar-refractivity contribution >= 4 is 59.8 Å². The SMILES string of the molecule is CCCCC[Se]Cc1cc(C[Se]CCCCC)c(C[Se]CCCCC)cc1C[Se]CCCCC. The molecule has 0 N–H and O–H groups in total. The second-order valence-corrected chi connectivity index (χ2v) is 18.7. The Morgan fingerprint density at radius 3 is 0.824 bits per heavy atom. The van der Waals surface area contributed by atoms with Gasteiger partial charge in [0.15, 0.2) is 0 Å². The van der Waals surface area contributed by atoms with Gasteiger partial charge in [0.1, 0.15) is 0 Å². The molecule has 0 heterocycles. The summed E-state index contributed by atoms with van der Waals surface area (Å²) in [6.07, 6.45) is 17.0. The Kier molecular flexibility index (Phi) is 24.1. The average Bonchev–Trinajstić information content (AvgIpc) is 2.84. The van der Waals surface area contributed by atoms with Gasteiger partial charge in [0.2, 0.25) is 0 Å². The van der Waals surface area contributed by atoms with Crippen LogP contribution in [0, 0.1) is 0 Å². The molecule has 0 unspecified atom stereocenters. The minimum atomic E-state index is 0.800. The molecule has 0 saturated carbocycles. The van der Waals surface area contributed by atoms with Crippen LogP contribution < -0.4 is 0 Å². The minimum absolute atomic E-state index is 0.800. The van der Waals surface area contributed by atoms with Gasteiger partial charge in [0.05, 0.1) is 0 Å².